The van der Waals surface area contributed by atoms with Crippen LogP contribution in [-0.4, -0.2) is 23.5 Å². The third-order valence-corrected chi connectivity index (χ3v) is 2.16. The molecule has 1 heterocycles. The first-order valence-electron chi connectivity index (χ1n) is 2.69. The molecule has 0 aromatic carbocycles. The van der Waals surface area contributed by atoms with Crippen molar-refractivity contribution in [3.8, 4) is 0 Å². The second-order valence-electron chi connectivity index (χ2n) is 2.02. The molecular weight excluding hydrogens is 192 g/mol. The molecule has 0 amide bonds. The van der Waals surface area contributed by atoms with Crippen LogP contribution < -0.4 is 0 Å². The average Bonchev–Trinajstić information content (AvgIpc) is 1.90. The normalized spacial score (nSPS) is 29.8. The van der Waals surface area contributed by atoms with E-state index >= 15 is 0 Å². The second kappa shape index (κ2) is 4.22. The van der Waals surface area contributed by atoms with Crippen LogP contribution in [0.15, 0.2) is 17.1 Å². The number of hydrogen-bond acceptors (Lipinski definition) is 1. The molecule has 0 fully saturated rings. The van der Waals surface area contributed by atoms with E-state index in [2.05, 4.69) is 4.99 Å². The van der Waals surface area contributed by atoms with Crippen molar-refractivity contribution in [2.75, 3.05) is 12.4 Å². The molecule has 0 aromatic heterocycles. The smallest absolute Gasteiger partial charge is 0.0958 e. The van der Waals surface area contributed by atoms with Gasteiger partial charge in [-0.05, 0) is 6.08 Å². The molecule has 10 heavy (non-hydrogen) atoms. The summed E-state index contributed by atoms with van der Waals surface area (Å²) < 4.78 is 0. The van der Waals surface area contributed by atoms with Crippen molar-refractivity contribution < 1.29 is 0 Å². The maximum atomic E-state index is 5.93. The van der Waals surface area contributed by atoms with Crippen molar-refractivity contribution in [2.24, 2.45) is 4.99 Å². The summed E-state index contributed by atoms with van der Waals surface area (Å²) in [7, 11) is 0. The van der Waals surface area contributed by atoms with Crippen LogP contribution in [0.1, 0.15) is 0 Å². The molecular formula is C6H8Cl3N. The van der Waals surface area contributed by atoms with Crippen molar-refractivity contribution in [1.82, 2.24) is 0 Å². The topological polar surface area (TPSA) is 12.4 Å². The Morgan fingerprint density at radius 2 is 2.30 bits per heavy atom. The zero-order chi connectivity index (χ0) is 6.74. The van der Waals surface area contributed by atoms with Gasteiger partial charge in [0.25, 0.3) is 0 Å². The Morgan fingerprint density at radius 3 is 2.60 bits per heavy atom. The van der Waals surface area contributed by atoms with E-state index in [-0.39, 0.29) is 12.4 Å². The summed E-state index contributed by atoms with van der Waals surface area (Å²) in [4.78, 5) is 3.55. The fourth-order valence-corrected chi connectivity index (χ4v) is 0.936. The fourth-order valence-electron chi connectivity index (χ4n) is 0.620. The third-order valence-electron chi connectivity index (χ3n) is 1.16. The van der Waals surface area contributed by atoms with Gasteiger partial charge in [-0.3, -0.25) is 4.99 Å². The Kier molecular flexibility index (Phi) is 4.34. The number of rotatable bonds is 1. The minimum Gasteiger partial charge on any atom is -0.291 e. The summed E-state index contributed by atoms with van der Waals surface area (Å²) in [6, 6.07) is 0. The molecule has 0 aromatic rings. The quantitative estimate of drug-likeness (QED) is 0.576. The molecule has 1 aliphatic heterocycles. The van der Waals surface area contributed by atoms with Crippen LogP contribution in [-0.2, 0) is 0 Å². The van der Waals surface area contributed by atoms with Gasteiger partial charge in [-0.15, -0.1) is 35.6 Å². The van der Waals surface area contributed by atoms with Gasteiger partial charge in [0.2, 0.25) is 0 Å². The second-order valence-corrected chi connectivity index (χ2v) is 3.04. The Labute approximate surface area is 76.5 Å². The zero-order valence-electron chi connectivity index (χ0n) is 5.26. The summed E-state index contributed by atoms with van der Waals surface area (Å²) in [6.07, 6.45) is 5.42. The van der Waals surface area contributed by atoms with Gasteiger partial charge >= 0.3 is 0 Å². The Balaban J connectivity index is 0.000000810. The molecule has 1 atom stereocenters. The summed E-state index contributed by atoms with van der Waals surface area (Å²) in [5.74, 6) is 0.419. The first kappa shape index (κ1) is 10.3. The van der Waals surface area contributed by atoms with Crippen LogP contribution in [0.3, 0.4) is 0 Å². The van der Waals surface area contributed by atoms with Gasteiger partial charge in [0.1, 0.15) is 0 Å². The van der Waals surface area contributed by atoms with Crippen LogP contribution in [0.2, 0.25) is 0 Å². The third kappa shape index (κ3) is 2.49. The highest BCUT2D eigenvalue weighted by atomic mass is 35.5. The summed E-state index contributed by atoms with van der Waals surface area (Å²) in [6.45, 7) is 0.592. The van der Waals surface area contributed by atoms with Gasteiger partial charge in [0.15, 0.2) is 0 Å². The van der Waals surface area contributed by atoms with Gasteiger partial charge in [0.05, 0.1) is 11.4 Å². The molecule has 0 N–H and O–H groups in total. The molecule has 0 aliphatic carbocycles. The zero-order valence-corrected chi connectivity index (χ0v) is 7.59. The van der Waals surface area contributed by atoms with Crippen LogP contribution >= 0.6 is 35.6 Å². The van der Waals surface area contributed by atoms with Crippen LogP contribution in [0.4, 0.5) is 0 Å². The molecule has 0 saturated heterocycles. The Bertz CT molecular complexity index is 155. The molecule has 0 spiro atoms. The number of alkyl halides is 2. The highest BCUT2D eigenvalue weighted by Crippen LogP contribution is 2.20. The molecule has 1 nitrogen and oxygen atoms in total. The van der Waals surface area contributed by atoms with Crippen LogP contribution in [0.5, 0.6) is 0 Å². The number of halogens is 3. The van der Waals surface area contributed by atoms with Gasteiger partial charge in [-0.2, -0.15) is 0 Å². The highest BCUT2D eigenvalue weighted by Gasteiger charge is 2.22. The van der Waals surface area contributed by atoms with Gasteiger partial charge in [-0.25, -0.2) is 0 Å². The average molecular weight is 200 g/mol. The largest absolute Gasteiger partial charge is 0.291 e. The first-order valence-corrected chi connectivity index (χ1v) is 3.61. The lowest BCUT2D eigenvalue weighted by molar-refractivity contribution is 0.788. The predicted octanol–water partition coefficient (Wildman–Crippen LogP) is 2.27. The number of aliphatic imine (C=N–C) groups is 1. The van der Waals surface area contributed by atoms with E-state index in [0.29, 0.717) is 12.4 Å². The van der Waals surface area contributed by atoms with E-state index in [0.717, 1.165) is 0 Å². The summed E-state index contributed by atoms with van der Waals surface area (Å²) >= 11 is 11.5. The summed E-state index contributed by atoms with van der Waals surface area (Å²) in [5, 5.41) is 0. The number of allylic oxidation sites excluding steroid dienone is 1. The monoisotopic (exact) mass is 199 g/mol. The fraction of sp³-hybridized carbons (Fsp3) is 0.500. The number of nitrogens with zero attached hydrogens (tertiary/aromatic N) is 1. The van der Waals surface area contributed by atoms with Crippen molar-refractivity contribution in [1.29, 1.82) is 0 Å². The standard InChI is InChI=1S/C6H7Cl2N.ClH/c7-4-6(8)2-1-3-9-5-6;/h1-3H,4-5H2;1H. The summed E-state index contributed by atoms with van der Waals surface area (Å²) in [5.41, 5.74) is 0. The molecule has 0 bridgehead atoms. The van der Waals surface area contributed by atoms with Gasteiger partial charge < -0.3 is 0 Å². The van der Waals surface area contributed by atoms with Crippen LogP contribution in [0, 0.1) is 0 Å². The molecule has 1 rings (SSSR count). The lowest BCUT2D eigenvalue weighted by Gasteiger charge is -2.18. The predicted molar refractivity (Wildman–Crippen MR) is 49.1 cm³/mol. The highest BCUT2D eigenvalue weighted by molar-refractivity contribution is 6.32. The van der Waals surface area contributed by atoms with Crippen molar-refractivity contribution >= 4 is 41.8 Å². The Hall–Kier alpha value is 0.280. The van der Waals surface area contributed by atoms with E-state index in [4.69, 9.17) is 23.2 Å². The van der Waals surface area contributed by atoms with Crippen LogP contribution in [0.25, 0.3) is 0 Å². The van der Waals surface area contributed by atoms with Crippen molar-refractivity contribution in [2.45, 2.75) is 4.87 Å². The van der Waals surface area contributed by atoms with E-state index in [9.17, 15) is 0 Å². The minimum absolute atomic E-state index is 0. The molecule has 58 valence electrons. The first-order chi connectivity index (χ1) is 4.27. The molecule has 0 saturated carbocycles. The number of hydrogen-bond donors (Lipinski definition) is 0. The van der Waals surface area contributed by atoms with E-state index in [1.165, 1.54) is 0 Å². The lowest BCUT2D eigenvalue weighted by atomic mass is 10.1. The minimum atomic E-state index is -0.420. The number of dihydropyridines is 1. The molecule has 1 aliphatic rings. The van der Waals surface area contributed by atoms with Gasteiger partial charge in [0, 0.05) is 12.1 Å². The maximum Gasteiger partial charge on any atom is 0.0958 e. The van der Waals surface area contributed by atoms with E-state index in [1.54, 1.807) is 6.21 Å². The molecule has 1 unspecified atom stereocenters. The van der Waals surface area contributed by atoms with E-state index < -0.39 is 4.87 Å². The molecule has 0 radical (unpaired) electrons. The Morgan fingerprint density at radius 1 is 1.60 bits per heavy atom. The maximum absolute atomic E-state index is 5.93. The lowest BCUT2D eigenvalue weighted by Crippen LogP contribution is -2.26. The van der Waals surface area contributed by atoms with Gasteiger partial charge in [-0.1, -0.05) is 6.08 Å². The SMILES string of the molecule is Cl.ClCC1(Cl)C=CC=NC1. The molecule has 4 heteroatoms. The van der Waals surface area contributed by atoms with Crippen molar-refractivity contribution in [3.63, 3.8) is 0 Å². The van der Waals surface area contributed by atoms with Crippen molar-refractivity contribution in [3.05, 3.63) is 12.2 Å². The van der Waals surface area contributed by atoms with E-state index in [1.807, 2.05) is 12.2 Å².